The Morgan fingerprint density at radius 2 is 2.16 bits per heavy atom. The molecule has 0 aromatic heterocycles. The number of amides is 2. The van der Waals surface area contributed by atoms with Crippen LogP contribution in [0.2, 0.25) is 0 Å². The molecule has 0 spiro atoms. The second-order valence-corrected chi connectivity index (χ2v) is 9.37. The highest BCUT2D eigenvalue weighted by atomic mass is 32.2. The third-order valence-electron chi connectivity index (χ3n) is 5.65. The van der Waals surface area contributed by atoms with Crippen molar-refractivity contribution in [3.63, 3.8) is 0 Å². The molecule has 2 aliphatic heterocycles. The first-order valence-corrected chi connectivity index (χ1v) is 11.5. The summed E-state index contributed by atoms with van der Waals surface area (Å²) in [6, 6.07) is 3.53. The second-order valence-electron chi connectivity index (χ2n) is 7.80. The fourth-order valence-corrected chi connectivity index (χ4v) is 4.64. The molecule has 2 fully saturated rings. The molecule has 3 atom stereocenters. The Morgan fingerprint density at radius 3 is 2.72 bits per heavy atom. The molecule has 2 heterocycles. The summed E-state index contributed by atoms with van der Waals surface area (Å²) in [6.07, 6.45) is -0.501. The minimum Gasteiger partial charge on any atom is -0.464 e. The Kier molecular flexibility index (Phi) is 6.75. The van der Waals surface area contributed by atoms with Crippen molar-refractivity contribution in [3.05, 3.63) is 24.0 Å². The predicted molar refractivity (Wildman–Crippen MR) is 110 cm³/mol. The van der Waals surface area contributed by atoms with Gasteiger partial charge in [-0.05, 0) is 38.0 Å². The lowest BCUT2D eigenvalue weighted by Gasteiger charge is -2.40. The summed E-state index contributed by atoms with van der Waals surface area (Å²) >= 11 is 0. The normalized spacial score (nSPS) is 23.6. The minimum absolute atomic E-state index is 0.0219. The van der Waals surface area contributed by atoms with Gasteiger partial charge in [-0.15, -0.1) is 0 Å². The third-order valence-corrected chi connectivity index (χ3v) is 6.40. The summed E-state index contributed by atoms with van der Waals surface area (Å²) in [6.45, 7) is 2.18. The largest absolute Gasteiger partial charge is 0.464 e. The average Bonchev–Trinajstić information content (AvgIpc) is 3.07. The van der Waals surface area contributed by atoms with E-state index in [1.54, 1.807) is 17.2 Å². The van der Waals surface area contributed by atoms with Crippen molar-refractivity contribution in [1.29, 1.82) is 5.26 Å². The van der Waals surface area contributed by atoms with E-state index in [0.717, 1.165) is 0 Å². The number of benzene rings is 1. The van der Waals surface area contributed by atoms with Crippen molar-refractivity contribution < 1.29 is 36.8 Å². The molecule has 11 nitrogen and oxygen atoms in total. The minimum atomic E-state index is -4.19. The van der Waals surface area contributed by atoms with E-state index >= 15 is 0 Å². The highest BCUT2D eigenvalue weighted by Crippen LogP contribution is 2.32. The molecule has 3 unspecified atom stereocenters. The quantitative estimate of drug-likeness (QED) is 0.362. The van der Waals surface area contributed by atoms with Crippen LogP contribution in [0, 0.1) is 17.3 Å². The van der Waals surface area contributed by atoms with E-state index in [0.29, 0.717) is 24.3 Å². The Balaban J connectivity index is 1.69. The van der Waals surface area contributed by atoms with Gasteiger partial charge in [0.25, 0.3) is 10.1 Å². The van der Waals surface area contributed by atoms with E-state index in [9.17, 15) is 22.4 Å². The number of carbonyl (C=O) groups excluding carboxylic acids is 1. The number of ether oxygens (including phenoxy) is 1. The van der Waals surface area contributed by atoms with Crippen molar-refractivity contribution >= 4 is 33.7 Å². The SMILES string of the molecule is CC1CC(N(C#N)C(=O)O)CCN1c1ccc(N2CC(CCS(=O)(=O)O)OC2=O)cc1F. The van der Waals surface area contributed by atoms with Crippen LogP contribution in [0.5, 0.6) is 0 Å². The van der Waals surface area contributed by atoms with Gasteiger partial charge in [0.05, 0.1) is 29.7 Å². The maximum absolute atomic E-state index is 15.0. The molecule has 13 heteroatoms. The van der Waals surface area contributed by atoms with Crippen LogP contribution in [0.4, 0.5) is 25.4 Å². The van der Waals surface area contributed by atoms with Gasteiger partial charge in [0.15, 0.2) is 6.19 Å². The van der Waals surface area contributed by atoms with Gasteiger partial charge in [-0.2, -0.15) is 13.7 Å². The maximum atomic E-state index is 15.0. The number of halogens is 1. The topological polar surface area (TPSA) is 151 Å². The van der Waals surface area contributed by atoms with Gasteiger partial charge in [-0.1, -0.05) is 0 Å². The monoisotopic (exact) mass is 470 g/mol. The number of hydrogen-bond acceptors (Lipinski definition) is 7. The molecule has 1 aromatic carbocycles. The van der Waals surface area contributed by atoms with Crippen molar-refractivity contribution in [2.45, 2.75) is 44.4 Å². The third kappa shape index (κ3) is 5.20. The van der Waals surface area contributed by atoms with Crippen LogP contribution in [0.1, 0.15) is 26.2 Å². The van der Waals surface area contributed by atoms with Crippen LogP contribution in [0.25, 0.3) is 0 Å². The molecule has 2 aliphatic rings. The molecule has 2 N–H and O–H groups in total. The number of hydrogen-bond donors (Lipinski definition) is 2. The van der Waals surface area contributed by atoms with Gasteiger partial charge in [0.1, 0.15) is 11.9 Å². The van der Waals surface area contributed by atoms with E-state index in [2.05, 4.69) is 0 Å². The molecule has 174 valence electrons. The lowest BCUT2D eigenvalue weighted by molar-refractivity contribution is 0.139. The molecule has 0 aliphatic carbocycles. The first-order chi connectivity index (χ1) is 15.0. The lowest BCUT2D eigenvalue weighted by Crippen LogP contribution is -2.49. The van der Waals surface area contributed by atoms with Crippen molar-refractivity contribution in [2.24, 2.45) is 0 Å². The summed E-state index contributed by atoms with van der Waals surface area (Å²) in [5, 5.41) is 18.2. The van der Waals surface area contributed by atoms with Gasteiger partial charge >= 0.3 is 12.2 Å². The van der Waals surface area contributed by atoms with Crippen molar-refractivity contribution in [1.82, 2.24) is 4.90 Å². The fourth-order valence-electron chi connectivity index (χ4n) is 4.08. The van der Waals surface area contributed by atoms with Crippen LogP contribution in [-0.4, -0.2) is 72.2 Å². The van der Waals surface area contributed by atoms with Gasteiger partial charge in [-0.3, -0.25) is 9.45 Å². The zero-order valence-electron chi connectivity index (χ0n) is 17.2. The molecule has 3 rings (SSSR count). The molecule has 2 saturated heterocycles. The molecular weight excluding hydrogens is 447 g/mol. The van der Waals surface area contributed by atoms with E-state index < -0.39 is 46.0 Å². The summed E-state index contributed by atoms with van der Waals surface area (Å²) in [7, 11) is -4.19. The second kappa shape index (κ2) is 9.17. The van der Waals surface area contributed by atoms with Gasteiger partial charge in [-0.25, -0.2) is 18.9 Å². The van der Waals surface area contributed by atoms with Gasteiger partial charge in [0.2, 0.25) is 0 Å². The number of anilines is 2. The van der Waals surface area contributed by atoms with Crippen molar-refractivity contribution in [2.75, 3.05) is 28.6 Å². The predicted octanol–water partition coefficient (Wildman–Crippen LogP) is 2.25. The van der Waals surface area contributed by atoms with Crippen LogP contribution in [0.3, 0.4) is 0 Å². The van der Waals surface area contributed by atoms with Crippen LogP contribution in [0.15, 0.2) is 18.2 Å². The molecule has 0 radical (unpaired) electrons. The van der Waals surface area contributed by atoms with Crippen LogP contribution in [-0.2, 0) is 14.9 Å². The smallest absolute Gasteiger partial charge is 0.420 e. The average molecular weight is 470 g/mol. The highest BCUT2D eigenvalue weighted by Gasteiger charge is 2.35. The summed E-state index contributed by atoms with van der Waals surface area (Å²) in [4.78, 5) is 27.0. The summed E-state index contributed by atoms with van der Waals surface area (Å²) in [5.74, 6) is -1.14. The number of carbonyl (C=O) groups is 2. The Morgan fingerprint density at radius 1 is 1.44 bits per heavy atom. The van der Waals surface area contributed by atoms with E-state index in [1.807, 2.05) is 6.92 Å². The molecular formula is C19H23FN4O7S. The van der Waals surface area contributed by atoms with Crippen molar-refractivity contribution in [3.8, 4) is 6.19 Å². The Labute approximate surface area is 184 Å². The molecule has 32 heavy (non-hydrogen) atoms. The zero-order valence-corrected chi connectivity index (χ0v) is 18.0. The standard InChI is InChI=1S/C19H23FN4O7S/c1-12-8-14(24(11-21)18(25)26)4-6-22(12)17-3-2-13(9-16(17)20)23-10-15(31-19(23)27)5-7-32(28,29)30/h2-3,9,12,14-15H,4-8,10H2,1H3,(H,25,26)(H,28,29,30). The highest BCUT2D eigenvalue weighted by molar-refractivity contribution is 7.85. The van der Waals surface area contributed by atoms with E-state index in [1.165, 1.54) is 17.0 Å². The number of nitriles is 1. The number of carboxylic acid groups (broad SMARTS) is 1. The Bertz CT molecular complexity index is 1040. The number of cyclic esters (lactones) is 1. The fraction of sp³-hybridized carbons (Fsp3) is 0.526. The summed E-state index contributed by atoms with van der Waals surface area (Å²) in [5.41, 5.74) is 0.531. The number of piperidine rings is 1. The molecule has 1 aromatic rings. The Hall–Kier alpha value is -3.11. The molecule has 0 bridgehead atoms. The zero-order chi connectivity index (χ0) is 23.6. The van der Waals surface area contributed by atoms with E-state index in [4.69, 9.17) is 19.7 Å². The van der Waals surface area contributed by atoms with Gasteiger partial charge < -0.3 is 14.7 Å². The van der Waals surface area contributed by atoms with E-state index in [-0.39, 0.29) is 30.4 Å². The van der Waals surface area contributed by atoms with Crippen LogP contribution >= 0.6 is 0 Å². The molecule has 2 amide bonds. The summed E-state index contributed by atoms with van der Waals surface area (Å²) < 4.78 is 50.7. The molecule has 0 saturated carbocycles. The number of nitrogens with zero attached hydrogens (tertiary/aromatic N) is 4. The maximum Gasteiger partial charge on any atom is 0.420 e. The first-order valence-electron chi connectivity index (χ1n) is 9.91. The van der Waals surface area contributed by atoms with Crippen LogP contribution < -0.4 is 9.80 Å². The number of rotatable bonds is 6. The lowest BCUT2D eigenvalue weighted by atomic mass is 9.96. The van der Waals surface area contributed by atoms with Gasteiger partial charge in [0, 0.05) is 19.0 Å². The first kappa shape index (κ1) is 23.6.